The molecule has 0 atom stereocenters. The summed E-state index contributed by atoms with van der Waals surface area (Å²) < 4.78 is 58.9. The number of pyridine rings is 4. The van der Waals surface area contributed by atoms with Crippen LogP contribution in [0.1, 0.15) is 36.4 Å². The predicted octanol–water partition coefficient (Wildman–Crippen LogP) is 14.7. The van der Waals surface area contributed by atoms with E-state index in [9.17, 15) is 13.2 Å². The number of nitrogens with zero attached hydrogens (tertiary/aromatic N) is 4. The molecule has 9 nitrogen and oxygen atoms in total. The number of benzene rings is 6. The molecule has 10 rings (SSSR count). The molecule has 6 aromatic carbocycles. The van der Waals surface area contributed by atoms with Crippen LogP contribution in [-0.4, -0.2) is 62.8 Å². The van der Waals surface area contributed by atoms with Gasteiger partial charge in [0.15, 0.2) is 10.1 Å². The third kappa shape index (κ3) is 22.5. The maximum Gasteiger partial charge on any atom is 0.485 e. The van der Waals surface area contributed by atoms with Gasteiger partial charge in [0, 0.05) is 94.9 Å². The molecule has 0 bridgehead atoms. The Morgan fingerprint density at radius 1 is 0.450 bits per heavy atom. The first-order valence-corrected chi connectivity index (χ1v) is 26.0. The van der Waals surface area contributed by atoms with Gasteiger partial charge < -0.3 is 29.7 Å². The largest absolute Gasteiger partial charge is 0.741 e. The Kier molecular flexibility index (Phi) is 31.8. The molecule has 10 aromatic rings. The summed E-state index contributed by atoms with van der Waals surface area (Å²) in [5.41, 5.74) is 12.3. The minimum absolute atomic E-state index is 0. The average molecular weight is 1450 g/mol. The molecule has 420 valence electrons. The Labute approximate surface area is 496 Å². The summed E-state index contributed by atoms with van der Waals surface area (Å²) in [6.07, 6.45) is 5.97. The Hall–Kier alpha value is -7.16. The zero-order chi connectivity index (χ0) is 56.8. The van der Waals surface area contributed by atoms with E-state index >= 15 is 0 Å². The molecule has 2 N–H and O–H groups in total. The maximum absolute atomic E-state index is 10.7. The van der Waals surface area contributed by atoms with E-state index in [4.69, 9.17) is 23.2 Å². The van der Waals surface area contributed by atoms with E-state index in [0.717, 1.165) is 77.9 Å². The predicted molar refractivity (Wildman–Crippen MR) is 306 cm³/mol. The van der Waals surface area contributed by atoms with Gasteiger partial charge in [-0.3, -0.25) is 4.98 Å². The first-order valence-electron chi connectivity index (χ1n) is 24.6. The fraction of sp³-hybridized carbons (Fsp3) is 0.138. The molecular formula is C65H61F3Ir2N4O5S-4. The van der Waals surface area contributed by atoms with Gasteiger partial charge in [0.25, 0.3) is 0 Å². The van der Waals surface area contributed by atoms with Crippen molar-refractivity contribution >= 4 is 10.1 Å². The van der Waals surface area contributed by atoms with Crippen LogP contribution in [0.5, 0.6) is 0 Å². The average Bonchev–Trinajstić information content (AvgIpc) is 3.50. The number of aliphatic hydroxyl groups is 2. The molecule has 0 saturated heterocycles. The summed E-state index contributed by atoms with van der Waals surface area (Å²) in [5, 5.41) is 14.0. The van der Waals surface area contributed by atoms with Crippen LogP contribution in [0.25, 0.3) is 67.3 Å². The van der Waals surface area contributed by atoms with Gasteiger partial charge in [-0.25, -0.2) is 8.42 Å². The smallest absolute Gasteiger partial charge is 0.485 e. The van der Waals surface area contributed by atoms with E-state index < -0.39 is 15.6 Å². The van der Waals surface area contributed by atoms with Gasteiger partial charge in [-0.2, -0.15) is 13.2 Å². The molecule has 2 radical (unpaired) electrons. The number of alkyl halides is 3. The molecule has 0 fully saturated rings. The topological polar surface area (TPSA) is 149 Å². The van der Waals surface area contributed by atoms with Crippen LogP contribution in [0.15, 0.2) is 225 Å². The summed E-state index contributed by atoms with van der Waals surface area (Å²) >= 11 is 0. The molecular weight excluding hydrogens is 1390 g/mol. The van der Waals surface area contributed by atoms with Gasteiger partial charge in [-0.15, -0.1) is 108 Å². The summed E-state index contributed by atoms with van der Waals surface area (Å²) in [7, 11) is -4.09. The van der Waals surface area contributed by atoms with Crippen molar-refractivity contribution in [3.05, 3.63) is 265 Å². The van der Waals surface area contributed by atoms with Crippen LogP contribution >= 0.6 is 0 Å². The van der Waals surface area contributed by atoms with Crippen molar-refractivity contribution in [1.29, 1.82) is 0 Å². The molecule has 0 amide bonds. The van der Waals surface area contributed by atoms with Crippen LogP contribution in [0, 0.1) is 32.0 Å². The third-order valence-electron chi connectivity index (χ3n) is 11.0. The first-order chi connectivity index (χ1) is 37.7. The number of hydrogen-bond acceptors (Lipinski definition) is 9. The second kappa shape index (κ2) is 36.9. The minimum atomic E-state index is -6.09. The normalized spacial score (nSPS) is 10.0. The van der Waals surface area contributed by atoms with E-state index in [-0.39, 0.29) is 40.2 Å². The number of aliphatic hydroxyl groups excluding tert-OH is 2. The quantitative estimate of drug-likeness (QED) is 0.0861. The van der Waals surface area contributed by atoms with E-state index in [1.54, 1.807) is 0 Å². The Bertz CT molecular complexity index is 3190. The molecule has 0 aliphatic carbocycles. The summed E-state index contributed by atoms with van der Waals surface area (Å²) in [6.45, 7) is 8.36. The molecule has 0 aliphatic heterocycles. The fourth-order valence-corrected chi connectivity index (χ4v) is 7.29. The second-order valence-electron chi connectivity index (χ2n) is 16.3. The van der Waals surface area contributed by atoms with Gasteiger partial charge in [-0.1, -0.05) is 135 Å². The molecule has 15 heteroatoms. The Morgan fingerprint density at radius 3 is 1.07 bits per heavy atom. The minimum Gasteiger partial charge on any atom is -0.741 e. The molecule has 0 unspecified atom stereocenters. The van der Waals surface area contributed by atoms with Crippen LogP contribution in [-0.2, 0) is 63.2 Å². The molecule has 4 aromatic heterocycles. The Balaban J connectivity index is 0.000000344. The summed E-state index contributed by atoms with van der Waals surface area (Å²) in [5.74, 6) is 0. The van der Waals surface area contributed by atoms with E-state index in [1.165, 1.54) is 38.9 Å². The molecule has 80 heavy (non-hydrogen) atoms. The van der Waals surface area contributed by atoms with E-state index in [1.807, 2.05) is 166 Å². The van der Waals surface area contributed by atoms with Crippen LogP contribution < -0.4 is 0 Å². The first kappa shape index (κ1) is 68.9. The van der Waals surface area contributed by atoms with E-state index in [2.05, 4.69) is 125 Å². The summed E-state index contributed by atoms with van der Waals surface area (Å²) in [6, 6.07) is 80.8. The van der Waals surface area contributed by atoms with Crippen molar-refractivity contribution in [3.8, 4) is 67.3 Å². The molecule has 0 aliphatic rings. The second-order valence-corrected chi connectivity index (χ2v) is 17.7. The van der Waals surface area contributed by atoms with Gasteiger partial charge in [0.05, 0.1) is 5.69 Å². The SMILES string of the molecule is CCc1cc(-c2[c-]cccc2)ncc1-c1ccccc1.CCc1cc(-c2ccccc2)ncc1-c1ccccc1.CO.CO.Cc1cccc(-c2[c-]cccc2)n1.Cc1cccc(-c2[c-]cccc2)n1.O=S(=O)([O-])C(F)(F)F.[Ir].[Ir]. The van der Waals surface area contributed by atoms with Gasteiger partial charge >= 0.3 is 5.51 Å². The number of rotatable bonds is 8. The number of aromatic nitrogens is 4. The number of aryl methyl sites for hydroxylation is 4. The zero-order valence-corrected chi connectivity index (χ0v) is 50.5. The molecule has 0 saturated carbocycles. The van der Waals surface area contributed by atoms with Crippen molar-refractivity contribution in [1.82, 2.24) is 19.9 Å². The van der Waals surface area contributed by atoms with Gasteiger partial charge in [-0.05, 0) is 84.2 Å². The van der Waals surface area contributed by atoms with Crippen LogP contribution in [0.2, 0.25) is 0 Å². The van der Waals surface area contributed by atoms with Crippen LogP contribution in [0.4, 0.5) is 13.2 Å². The van der Waals surface area contributed by atoms with Crippen molar-refractivity contribution in [2.45, 2.75) is 46.0 Å². The van der Waals surface area contributed by atoms with Crippen molar-refractivity contribution in [2.75, 3.05) is 14.2 Å². The van der Waals surface area contributed by atoms with Crippen LogP contribution in [0.3, 0.4) is 0 Å². The van der Waals surface area contributed by atoms with Gasteiger partial charge in [0.2, 0.25) is 0 Å². The fourth-order valence-electron chi connectivity index (χ4n) is 7.29. The number of halogens is 3. The molecule has 0 spiro atoms. The monoisotopic (exact) mass is 1450 g/mol. The Morgan fingerprint density at radius 2 is 0.762 bits per heavy atom. The number of hydrogen-bond donors (Lipinski definition) is 2. The zero-order valence-electron chi connectivity index (χ0n) is 44.9. The van der Waals surface area contributed by atoms with Gasteiger partial charge in [0.1, 0.15) is 0 Å². The summed E-state index contributed by atoms with van der Waals surface area (Å²) in [4.78, 5) is 18.1. The maximum atomic E-state index is 10.7. The van der Waals surface area contributed by atoms with E-state index in [0.29, 0.717) is 0 Å². The molecule has 4 heterocycles. The standard InChI is InChI=1S/C19H17N.C19H16N.2C12H10N.CHF3O3S.2CH4O.2Ir/c2*1-2-15-13-19(17-11-7-4-8-12-17)20-14-18(15)16-9-5-3-6-10-16;2*1-10-6-5-9-12(13-10)11-7-3-2-4-8-11;2-1(3,4)8(5,6)7;2*1-2;;/h3-14H,2H2,1H3;3-11,13-14H,2H2,1H3;2*2-7,9H,1H3;(H,5,6,7);2*2H,1H3;;/q;3*-1;;;;;/p-1. The van der Waals surface area contributed by atoms with Crippen molar-refractivity contribution in [2.24, 2.45) is 0 Å². The van der Waals surface area contributed by atoms with Crippen molar-refractivity contribution in [3.63, 3.8) is 0 Å². The third-order valence-corrected chi connectivity index (χ3v) is 11.6. The van der Waals surface area contributed by atoms with Crippen molar-refractivity contribution < 1.29 is 76.6 Å².